The van der Waals surface area contributed by atoms with Crippen LogP contribution in [0.2, 0.25) is 0 Å². The Bertz CT molecular complexity index is 913. The van der Waals surface area contributed by atoms with Gasteiger partial charge < -0.3 is 24.4 Å². The zero-order valence-corrected chi connectivity index (χ0v) is 21.4. The molecule has 0 saturated carbocycles. The van der Waals surface area contributed by atoms with Crippen LogP contribution in [0.15, 0.2) is 24.3 Å². The smallest absolute Gasteiger partial charge is 0.459 e. The molecule has 0 aromatic heterocycles. The molecule has 35 heavy (non-hydrogen) atoms. The highest BCUT2D eigenvalue weighted by atomic mass is 31.2. The number of aliphatic hydroxyl groups is 1. The van der Waals surface area contributed by atoms with Crippen LogP contribution in [0.5, 0.6) is 5.75 Å². The van der Waals surface area contributed by atoms with Crippen LogP contribution in [0.3, 0.4) is 0 Å². The number of nitrogens with one attached hydrogen (secondary N) is 2. The van der Waals surface area contributed by atoms with Crippen LogP contribution < -0.4 is 14.9 Å². The molecule has 13 heteroatoms. The summed E-state index contributed by atoms with van der Waals surface area (Å²) in [7, 11) is -4.32. The number of aliphatic hydroxyl groups excluding tert-OH is 1. The Balaban J connectivity index is 2.90. The van der Waals surface area contributed by atoms with Crippen LogP contribution in [0.25, 0.3) is 0 Å². The van der Waals surface area contributed by atoms with Gasteiger partial charge in [-0.05, 0) is 32.9 Å². The molecule has 0 fully saturated rings. The third-order valence-electron chi connectivity index (χ3n) is 4.54. The van der Waals surface area contributed by atoms with Gasteiger partial charge in [-0.25, -0.2) is 8.96 Å². The second-order valence-corrected chi connectivity index (χ2v) is 9.85. The minimum absolute atomic E-state index is 0.0501. The van der Waals surface area contributed by atoms with E-state index in [1.54, 1.807) is 13.8 Å². The topological polar surface area (TPSA) is 149 Å². The van der Waals surface area contributed by atoms with Crippen LogP contribution in [0.4, 0.5) is 4.39 Å². The molecule has 3 atom stereocenters. The molecule has 0 aliphatic heterocycles. The lowest BCUT2D eigenvalue weighted by Crippen LogP contribution is -2.46. The van der Waals surface area contributed by atoms with E-state index < -0.39 is 55.6 Å². The van der Waals surface area contributed by atoms with E-state index in [0.29, 0.717) is 0 Å². The quantitative estimate of drug-likeness (QED) is 0.232. The first-order chi connectivity index (χ1) is 16.3. The largest absolute Gasteiger partial charge is 0.466 e. The minimum Gasteiger partial charge on any atom is -0.466 e. The zero-order chi connectivity index (χ0) is 26.6. The van der Waals surface area contributed by atoms with Gasteiger partial charge in [0.15, 0.2) is 0 Å². The van der Waals surface area contributed by atoms with Gasteiger partial charge in [0.25, 0.3) is 0 Å². The second kappa shape index (κ2) is 14.1. The monoisotopic (exact) mass is 520 g/mol. The SMILES string of the molecule is CCOC(=O)CCNC(=O)[C@H](O)C(C)(C)COP(=O)(NC(C)C(=O)OCC)Oc1cccc(F)c1. The normalized spacial score (nSPS) is 14.8. The van der Waals surface area contributed by atoms with Crippen molar-refractivity contribution >= 4 is 25.6 Å². The summed E-state index contributed by atoms with van der Waals surface area (Å²) in [5.41, 5.74) is -1.29. The summed E-state index contributed by atoms with van der Waals surface area (Å²) < 4.78 is 47.5. The van der Waals surface area contributed by atoms with Crippen molar-refractivity contribution in [1.29, 1.82) is 0 Å². The molecule has 0 heterocycles. The van der Waals surface area contributed by atoms with Gasteiger partial charge >= 0.3 is 19.7 Å². The van der Waals surface area contributed by atoms with E-state index in [2.05, 4.69) is 10.4 Å². The van der Waals surface area contributed by atoms with Gasteiger partial charge in [0.1, 0.15) is 23.7 Å². The maximum atomic E-state index is 13.6. The number of benzene rings is 1. The first kappa shape index (κ1) is 30.5. The summed E-state index contributed by atoms with van der Waals surface area (Å²) in [4.78, 5) is 35.7. The molecule has 3 N–H and O–H groups in total. The number of carbonyl (C=O) groups is 3. The van der Waals surface area contributed by atoms with E-state index in [4.69, 9.17) is 18.5 Å². The number of hydrogen-bond donors (Lipinski definition) is 3. The van der Waals surface area contributed by atoms with E-state index in [-0.39, 0.29) is 31.9 Å². The second-order valence-electron chi connectivity index (χ2n) is 8.16. The Labute approximate surface area is 204 Å². The summed E-state index contributed by atoms with van der Waals surface area (Å²) in [6.07, 6.45) is -1.69. The van der Waals surface area contributed by atoms with Gasteiger partial charge in [-0.3, -0.25) is 18.9 Å². The van der Waals surface area contributed by atoms with E-state index >= 15 is 0 Å². The summed E-state index contributed by atoms with van der Waals surface area (Å²) in [6.45, 7) is 7.37. The summed E-state index contributed by atoms with van der Waals surface area (Å²) in [5.74, 6) is -2.78. The van der Waals surface area contributed by atoms with Crippen LogP contribution in [0.1, 0.15) is 41.0 Å². The van der Waals surface area contributed by atoms with Crippen LogP contribution in [0, 0.1) is 11.2 Å². The van der Waals surface area contributed by atoms with E-state index in [1.165, 1.54) is 32.9 Å². The highest BCUT2D eigenvalue weighted by Crippen LogP contribution is 2.46. The Morgan fingerprint density at radius 3 is 2.43 bits per heavy atom. The lowest BCUT2D eigenvalue weighted by Gasteiger charge is -2.31. The predicted molar refractivity (Wildman–Crippen MR) is 124 cm³/mol. The highest BCUT2D eigenvalue weighted by molar-refractivity contribution is 7.52. The molecule has 2 unspecified atom stereocenters. The van der Waals surface area contributed by atoms with Crippen molar-refractivity contribution in [2.45, 2.75) is 53.2 Å². The fourth-order valence-electron chi connectivity index (χ4n) is 2.61. The molecule has 0 bridgehead atoms. The van der Waals surface area contributed by atoms with Gasteiger partial charge in [0.2, 0.25) is 5.91 Å². The molecule has 1 aromatic rings. The van der Waals surface area contributed by atoms with Crippen molar-refractivity contribution in [3.8, 4) is 5.75 Å². The number of ether oxygens (including phenoxy) is 2. The summed E-state index contributed by atoms with van der Waals surface area (Å²) in [5, 5.41) is 15.3. The lowest BCUT2D eigenvalue weighted by atomic mass is 9.87. The van der Waals surface area contributed by atoms with Gasteiger partial charge in [-0.1, -0.05) is 19.9 Å². The molecule has 0 aliphatic rings. The molecule has 0 aliphatic carbocycles. The van der Waals surface area contributed by atoms with Crippen molar-refractivity contribution in [1.82, 2.24) is 10.4 Å². The lowest BCUT2D eigenvalue weighted by molar-refractivity contribution is -0.145. The van der Waals surface area contributed by atoms with Gasteiger partial charge in [0, 0.05) is 18.0 Å². The van der Waals surface area contributed by atoms with Crippen molar-refractivity contribution in [2.75, 3.05) is 26.4 Å². The zero-order valence-electron chi connectivity index (χ0n) is 20.5. The first-order valence-corrected chi connectivity index (χ1v) is 12.6. The Hall–Kier alpha value is -2.53. The molecular formula is C22H34FN2O9P. The standard InChI is InChI=1S/C22H34FN2O9P/c1-6-31-18(26)11-12-24-20(28)19(27)22(4,5)14-33-35(30,25-15(3)21(29)32-7-2)34-17-10-8-9-16(23)13-17/h8-10,13,15,19,27H,6-7,11-12,14H2,1-5H3,(H,24,28)(H,25,30)/t15?,19-,35?/m0/s1. The average Bonchev–Trinajstić information content (AvgIpc) is 2.77. The van der Waals surface area contributed by atoms with Crippen LogP contribution >= 0.6 is 7.75 Å². The average molecular weight is 520 g/mol. The van der Waals surface area contributed by atoms with Gasteiger partial charge in [-0.2, -0.15) is 5.09 Å². The fraction of sp³-hybridized carbons (Fsp3) is 0.591. The summed E-state index contributed by atoms with van der Waals surface area (Å²) in [6, 6.07) is 3.69. The number of rotatable bonds is 15. The van der Waals surface area contributed by atoms with Crippen molar-refractivity contribution < 1.29 is 47.0 Å². The van der Waals surface area contributed by atoms with Crippen molar-refractivity contribution in [3.05, 3.63) is 30.1 Å². The molecule has 1 aromatic carbocycles. The summed E-state index contributed by atoms with van der Waals surface area (Å²) >= 11 is 0. The Kier molecular flexibility index (Phi) is 12.3. The van der Waals surface area contributed by atoms with Crippen molar-refractivity contribution in [3.63, 3.8) is 0 Å². The fourth-order valence-corrected chi connectivity index (χ4v) is 4.27. The highest BCUT2D eigenvalue weighted by Gasteiger charge is 2.39. The molecule has 1 amide bonds. The number of esters is 2. The third-order valence-corrected chi connectivity index (χ3v) is 6.17. The van der Waals surface area contributed by atoms with Gasteiger partial charge in [0.05, 0.1) is 26.2 Å². The molecule has 0 saturated heterocycles. The van der Waals surface area contributed by atoms with Crippen LogP contribution in [-0.4, -0.2) is 61.5 Å². The minimum atomic E-state index is -4.32. The maximum absolute atomic E-state index is 13.6. The number of hydrogen-bond acceptors (Lipinski definition) is 9. The molecular weight excluding hydrogens is 486 g/mol. The van der Waals surface area contributed by atoms with Crippen molar-refractivity contribution in [2.24, 2.45) is 5.41 Å². The first-order valence-electron chi connectivity index (χ1n) is 11.1. The number of amides is 1. The van der Waals surface area contributed by atoms with E-state index in [0.717, 1.165) is 12.1 Å². The maximum Gasteiger partial charge on any atom is 0.459 e. The Morgan fingerprint density at radius 2 is 1.83 bits per heavy atom. The Morgan fingerprint density at radius 1 is 1.17 bits per heavy atom. The molecule has 0 spiro atoms. The number of halogens is 1. The van der Waals surface area contributed by atoms with E-state index in [1.807, 2.05) is 0 Å². The van der Waals surface area contributed by atoms with Crippen LogP contribution in [-0.2, 0) is 32.9 Å². The molecule has 1 rings (SSSR count). The third kappa shape index (κ3) is 10.7. The van der Waals surface area contributed by atoms with Gasteiger partial charge in [-0.15, -0.1) is 0 Å². The molecule has 0 radical (unpaired) electrons. The molecule has 11 nitrogen and oxygen atoms in total. The molecule has 198 valence electrons. The van der Waals surface area contributed by atoms with E-state index in [9.17, 15) is 28.4 Å². The number of carbonyl (C=O) groups excluding carboxylic acids is 3. The predicted octanol–water partition coefficient (Wildman–Crippen LogP) is 2.33.